The third-order valence-electron chi connectivity index (χ3n) is 1.89. The van der Waals surface area contributed by atoms with Gasteiger partial charge in [-0.05, 0) is 38.1 Å². The molecule has 0 aliphatic rings. The van der Waals surface area contributed by atoms with E-state index in [-0.39, 0.29) is 0 Å². The average molecular weight is 198 g/mol. The van der Waals surface area contributed by atoms with Crippen LogP contribution in [-0.4, -0.2) is 0 Å². The smallest absolute Gasteiger partial charge is 0.0991 e. The zero-order valence-corrected chi connectivity index (χ0v) is 9.07. The van der Waals surface area contributed by atoms with Gasteiger partial charge in [0.2, 0.25) is 0 Å². The van der Waals surface area contributed by atoms with Crippen LogP contribution < -0.4 is 4.90 Å². The fraction of sp³-hybridized carbons (Fsp3) is 0.154. The molecule has 0 saturated carbocycles. The van der Waals surface area contributed by atoms with E-state index in [0.717, 1.165) is 5.69 Å². The van der Waals surface area contributed by atoms with Crippen molar-refractivity contribution in [2.75, 3.05) is 4.90 Å². The second kappa shape index (κ2) is 5.02. The summed E-state index contributed by atoms with van der Waals surface area (Å²) in [6.45, 7) is 7.81. The standard InChI is InChI=1S/C13H14N2/c1-4-15(10-11(2)3)13-7-5-12(9-14)6-8-13/h4-8,10H,1H2,2-3H3. The van der Waals surface area contributed by atoms with E-state index in [4.69, 9.17) is 5.26 Å². The number of allylic oxidation sites excluding steroid dienone is 1. The van der Waals surface area contributed by atoms with Gasteiger partial charge in [-0.25, -0.2) is 0 Å². The maximum absolute atomic E-state index is 8.67. The first-order chi connectivity index (χ1) is 7.17. The molecule has 0 aliphatic carbocycles. The van der Waals surface area contributed by atoms with Crippen molar-refractivity contribution >= 4 is 5.69 Å². The Labute approximate surface area is 90.8 Å². The molecule has 0 heterocycles. The molecular weight excluding hydrogens is 184 g/mol. The Morgan fingerprint density at radius 1 is 1.33 bits per heavy atom. The first-order valence-corrected chi connectivity index (χ1v) is 4.73. The minimum atomic E-state index is 0.667. The Bertz CT molecular complexity index is 403. The normalized spacial score (nSPS) is 8.87. The number of nitrogens with zero attached hydrogens (tertiary/aromatic N) is 2. The van der Waals surface area contributed by atoms with Gasteiger partial charge in [-0.2, -0.15) is 5.26 Å². The third-order valence-corrected chi connectivity index (χ3v) is 1.89. The van der Waals surface area contributed by atoms with Crippen LogP contribution in [0.3, 0.4) is 0 Å². The van der Waals surface area contributed by atoms with Crippen LogP contribution in [0.4, 0.5) is 5.69 Å². The van der Waals surface area contributed by atoms with Gasteiger partial charge in [0, 0.05) is 18.1 Å². The largest absolute Gasteiger partial charge is 0.325 e. The van der Waals surface area contributed by atoms with Crippen LogP contribution in [0.5, 0.6) is 0 Å². The maximum Gasteiger partial charge on any atom is 0.0991 e. The summed E-state index contributed by atoms with van der Waals surface area (Å²) >= 11 is 0. The lowest BCUT2D eigenvalue weighted by molar-refractivity contribution is 1.22. The van der Waals surface area contributed by atoms with Crippen molar-refractivity contribution in [2.45, 2.75) is 13.8 Å². The summed E-state index contributed by atoms with van der Waals surface area (Å²) in [7, 11) is 0. The molecule has 0 aliphatic heterocycles. The van der Waals surface area contributed by atoms with Crippen LogP contribution in [0.2, 0.25) is 0 Å². The SMILES string of the molecule is C=CN(C=C(C)C)c1ccc(C#N)cc1. The van der Waals surface area contributed by atoms with E-state index in [1.807, 2.05) is 37.1 Å². The molecule has 2 nitrogen and oxygen atoms in total. The molecular formula is C13H14N2. The van der Waals surface area contributed by atoms with E-state index in [9.17, 15) is 0 Å². The number of nitriles is 1. The molecule has 0 aromatic heterocycles. The monoisotopic (exact) mass is 198 g/mol. The van der Waals surface area contributed by atoms with Gasteiger partial charge in [-0.1, -0.05) is 12.2 Å². The molecule has 0 spiro atoms. The molecule has 0 fully saturated rings. The molecule has 0 saturated heterocycles. The van der Waals surface area contributed by atoms with Crippen molar-refractivity contribution in [1.82, 2.24) is 0 Å². The Kier molecular flexibility index (Phi) is 3.70. The first-order valence-electron chi connectivity index (χ1n) is 4.73. The van der Waals surface area contributed by atoms with E-state index in [1.54, 1.807) is 18.3 Å². The van der Waals surface area contributed by atoms with Crippen LogP contribution in [0.25, 0.3) is 0 Å². The number of hydrogen-bond donors (Lipinski definition) is 0. The highest BCUT2D eigenvalue weighted by Crippen LogP contribution is 2.16. The second-order valence-electron chi connectivity index (χ2n) is 3.45. The zero-order valence-electron chi connectivity index (χ0n) is 9.07. The Hall–Kier alpha value is -2.01. The molecule has 2 heteroatoms. The molecule has 0 N–H and O–H groups in total. The van der Waals surface area contributed by atoms with Crippen molar-refractivity contribution < 1.29 is 0 Å². The van der Waals surface area contributed by atoms with Gasteiger partial charge in [0.05, 0.1) is 11.6 Å². The Morgan fingerprint density at radius 2 is 1.93 bits per heavy atom. The summed E-state index contributed by atoms with van der Waals surface area (Å²) < 4.78 is 0. The number of benzene rings is 1. The molecule has 15 heavy (non-hydrogen) atoms. The molecule has 76 valence electrons. The van der Waals surface area contributed by atoms with Gasteiger partial charge in [0.25, 0.3) is 0 Å². The summed E-state index contributed by atoms with van der Waals surface area (Å²) in [5, 5.41) is 8.67. The topological polar surface area (TPSA) is 27.0 Å². The third kappa shape index (κ3) is 2.99. The predicted octanol–water partition coefficient (Wildman–Crippen LogP) is 3.43. The molecule has 1 rings (SSSR count). The summed E-state index contributed by atoms with van der Waals surface area (Å²) in [6.07, 6.45) is 3.74. The molecule has 0 atom stereocenters. The van der Waals surface area contributed by atoms with E-state index < -0.39 is 0 Å². The van der Waals surface area contributed by atoms with Crippen LogP contribution in [0.1, 0.15) is 19.4 Å². The molecule has 0 radical (unpaired) electrons. The fourth-order valence-electron chi connectivity index (χ4n) is 1.22. The lowest BCUT2D eigenvalue weighted by Gasteiger charge is -2.15. The van der Waals surface area contributed by atoms with Crippen molar-refractivity contribution in [3.63, 3.8) is 0 Å². The van der Waals surface area contributed by atoms with Crippen molar-refractivity contribution in [3.05, 3.63) is 54.4 Å². The van der Waals surface area contributed by atoms with Crippen LogP contribution in [-0.2, 0) is 0 Å². The number of rotatable bonds is 3. The quantitative estimate of drug-likeness (QED) is 0.744. The predicted molar refractivity (Wildman–Crippen MR) is 63.3 cm³/mol. The molecule has 0 amide bonds. The van der Waals surface area contributed by atoms with E-state index in [2.05, 4.69) is 12.6 Å². The summed E-state index contributed by atoms with van der Waals surface area (Å²) in [5.41, 5.74) is 2.87. The van der Waals surface area contributed by atoms with Gasteiger partial charge in [-0.3, -0.25) is 0 Å². The van der Waals surface area contributed by atoms with Gasteiger partial charge < -0.3 is 4.90 Å². The van der Waals surface area contributed by atoms with Crippen LogP contribution in [0.15, 0.2) is 48.8 Å². The average Bonchev–Trinajstić information content (AvgIpc) is 2.26. The molecule has 0 bridgehead atoms. The lowest BCUT2D eigenvalue weighted by atomic mass is 10.2. The lowest BCUT2D eigenvalue weighted by Crippen LogP contribution is -2.06. The van der Waals surface area contributed by atoms with Crippen molar-refractivity contribution in [2.24, 2.45) is 0 Å². The van der Waals surface area contributed by atoms with E-state index in [0.29, 0.717) is 5.56 Å². The van der Waals surface area contributed by atoms with Crippen LogP contribution >= 0.6 is 0 Å². The van der Waals surface area contributed by atoms with Gasteiger partial charge in [0.15, 0.2) is 0 Å². The molecule has 1 aromatic carbocycles. The number of anilines is 1. The highest BCUT2D eigenvalue weighted by Gasteiger charge is 1.98. The van der Waals surface area contributed by atoms with Gasteiger partial charge in [0.1, 0.15) is 0 Å². The maximum atomic E-state index is 8.67. The van der Waals surface area contributed by atoms with Gasteiger partial charge in [-0.15, -0.1) is 0 Å². The summed E-state index contributed by atoms with van der Waals surface area (Å²) in [4.78, 5) is 1.93. The second-order valence-corrected chi connectivity index (χ2v) is 3.45. The Morgan fingerprint density at radius 3 is 2.33 bits per heavy atom. The highest BCUT2D eigenvalue weighted by molar-refractivity contribution is 5.54. The number of hydrogen-bond acceptors (Lipinski definition) is 2. The highest BCUT2D eigenvalue weighted by atomic mass is 15.1. The van der Waals surface area contributed by atoms with Crippen molar-refractivity contribution in [3.8, 4) is 6.07 Å². The van der Waals surface area contributed by atoms with Crippen molar-refractivity contribution in [1.29, 1.82) is 5.26 Å². The minimum absolute atomic E-state index is 0.667. The summed E-state index contributed by atoms with van der Waals surface area (Å²) in [5.74, 6) is 0. The Balaban J connectivity index is 2.99. The molecule has 1 aromatic rings. The van der Waals surface area contributed by atoms with Gasteiger partial charge >= 0.3 is 0 Å². The molecule has 0 unspecified atom stereocenters. The van der Waals surface area contributed by atoms with Crippen LogP contribution in [0, 0.1) is 11.3 Å². The van der Waals surface area contributed by atoms with E-state index >= 15 is 0 Å². The summed E-state index contributed by atoms with van der Waals surface area (Å²) in [6, 6.07) is 9.49. The minimum Gasteiger partial charge on any atom is -0.325 e. The first kappa shape index (κ1) is 11.1. The van der Waals surface area contributed by atoms with E-state index in [1.165, 1.54) is 5.57 Å². The zero-order chi connectivity index (χ0) is 11.3. The fourth-order valence-corrected chi connectivity index (χ4v) is 1.22.